The summed E-state index contributed by atoms with van der Waals surface area (Å²) in [5, 5.41) is 1.35. The lowest BCUT2D eigenvalue weighted by atomic mass is 10.1. The van der Waals surface area contributed by atoms with Gasteiger partial charge in [0.25, 0.3) is 0 Å². The van der Waals surface area contributed by atoms with Crippen molar-refractivity contribution in [3.63, 3.8) is 0 Å². The first-order valence-electron chi connectivity index (χ1n) is 11.7. The summed E-state index contributed by atoms with van der Waals surface area (Å²) < 4.78 is 5.36. The molecular formula is C25H40N2O4. The second-order valence-electron chi connectivity index (χ2n) is 9.30. The molecule has 1 amide bonds. The molecule has 174 valence electrons. The van der Waals surface area contributed by atoms with Crippen molar-refractivity contribution in [1.29, 1.82) is 0 Å². The Morgan fingerprint density at radius 1 is 0.968 bits per heavy atom. The van der Waals surface area contributed by atoms with Gasteiger partial charge in [-0.1, -0.05) is 43.2 Å². The first kappa shape index (κ1) is 25.3. The summed E-state index contributed by atoms with van der Waals surface area (Å²) in [6.45, 7) is 9.57. The van der Waals surface area contributed by atoms with Crippen molar-refractivity contribution < 1.29 is 19.2 Å². The molecular weight excluding hydrogens is 392 g/mol. The van der Waals surface area contributed by atoms with Gasteiger partial charge in [0, 0.05) is 6.42 Å². The van der Waals surface area contributed by atoms with Gasteiger partial charge in [0.05, 0.1) is 13.0 Å². The maximum atomic E-state index is 12.8. The van der Waals surface area contributed by atoms with Gasteiger partial charge in [-0.05, 0) is 71.7 Å². The molecule has 6 nitrogen and oxygen atoms in total. The SMILES string of the molecule is CC(C)(C)OC(=O)CCN(OCc1ccccc1)C(=O)CCCCCN1CCCCC1. The average molecular weight is 433 g/mol. The van der Waals surface area contributed by atoms with E-state index in [0.717, 1.165) is 31.4 Å². The molecule has 2 rings (SSSR count). The number of benzene rings is 1. The summed E-state index contributed by atoms with van der Waals surface area (Å²) >= 11 is 0. The normalized spacial score (nSPS) is 14.9. The van der Waals surface area contributed by atoms with Gasteiger partial charge in [0.15, 0.2) is 0 Å². The summed E-state index contributed by atoms with van der Waals surface area (Å²) in [5.74, 6) is -0.396. The Kier molecular flexibility index (Phi) is 11.0. The van der Waals surface area contributed by atoms with E-state index in [1.54, 1.807) is 0 Å². The Morgan fingerprint density at radius 2 is 1.68 bits per heavy atom. The van der Waals surface area contributed by atoms with Crippen LogP contribution < -0.4 is 0 Å². The number of nitrogens with zero attached hydrogens (tertiary/aromatic N) is 2. The molecule has 0 bridgehead atoms. The minimum absolute atomic E-state index is 0.0718. The molecule has 1 aliphatic rings. The Labute approximate surface area is 187 Å². The van der Waals surface area contributed by atoms with E-state index in [-0.39, 0.29) is 24.8 Å². The van der Waals surface area contributed by atoms with Gasteiger partial charge in [-0.25, -0.2) is 5.06 Å². The summed E-state index contributed by atoms with van der Waals surface area (Å²) in [5.41, 5.74) is 0.449. The van der Waals surface area contributed by atoms with Crippen LogP contribution in [0.5, 0.6) is 0 Å². The van der Waals surface area contributed by atoms with Gasteiger partial charge in [-0.3, -0.25) is 14.4 Å². The maximum absolute atomic E-state index is 12.8. The molecule has 0 aliphatic carbocycles. The number of carbonyl (C=O) groups excluding carboxylic acids is 2. The Morgan fingerprint density at radius 3 is 2.35 bits per heavy atom. The van der Waals surface area contributed by atoms with Crippen molar-refractivity contribution >= 4 is 11.9 Å². The number of hydroxylamine groups is 2. The number of hydrogen-bond acceptors (Lipinski definition) is 5. The lowest BCUT2D eigenvalue weighted by Crippen LogP contribution is -2.34. The van der Waals surface area contributed by atoms with Gasteiger partial charge in [-0.2, -0.15) is 0 Å². The number of ether oxygens (including phenoxy) is 1. The van der Waals surface area contributed by atoms with Gasteiger partial charge >= 0.3 is 5.97 Å². The minimum atomic E-state index is -0.537. The van der Waals surface area contributed by atoms with Crippen LogP contribution >= 0.6 is 0 Å². The van der Waals surface area contributed by atoms with E-state index in [1.807, 2.05) is 51.1 Å². The van der Waals surface area contributed by atoms with Crippen molar-refractivity contribution in [2.24, 2.45) is 0 Å². The third-order valence-corrected chi connectivity index (χ3v) is 5.26. The topological polar surface area (TPSA) is 59.1 Å². The fourth-order valence-corrected chi connectivity index (χ4v) is 3.67. The number of esters is 1. The molecule has 1 aliphatic heterocycles. The van der Waals surface area contributed by atoms with Gasteiger partial charge in [0.2, 0.25) is 5.91 Å². The van der Waals surface area contributed by atoms with Crippen molar-refractivity contribution in [2.45, 2.75) is 84.3 Å². The van der Waals surface area contributed by atoms with E-state index in [4.69, 9.17) is 9.57 Å². The highest BCUT2D eigenvalue weighted by Crippen LogP contribution is 2.13. The second-order valence-corrected chi connectivity index (χ2v) is 9.30. The number of amides is 1. The largest absolute Gasteiger partial charge is 0.460 e. The zero-order chi connectivity index (χ0) is 22.5. The molecule has 31 heavy (non-hydrogen) atoms. The number of hydrogen-bond donors (Lipinski definition) is 0. The number of carbonyl (C=O) groups is 2. The lowest BCUT2D eigenvalue weighted by Gasteiger charge is -2.26. The molecule has 1 saturated heterocycles. The molecule has 0 radical (unpaired) electrons. The maximum Gasteiger partial charge on any atom is 0.308 e. The van der Waals surface area contributed by atoms with Crippen LogP contribution in [0.2, 0.25) is 0 Å². The highest BCUT2D eigenvalue weighted by molar-refractivity contribution is 5.76. The minimum Gasteiger partial charge on any atom is -0.460 e. The van der Waals surface area contributed by atoms with Crippen LogP contribution in [-0.4, -0.2) is 53.6 Å². The van der Waals surface area contributed by atoms with Crippen LogP contribution in [0.25, 0.3) is 0 Å². The molecule has 6 heteroatoms. The van der Waals surface area contributed by atoms with Crippen LogP contribution in [-0.2, 0) is 25.8 Å². The Balaban J connectivity index is 1.76. The van der Waals surface area contributed by atoms with Crippen LogP contribution in [0.3, 0.4) is 0 Å². The molecule has 0 saturated carbocycles. The van der Waals surface area contributed by atoms with E-state index in [9.17, 15) is 9.59 Å². The summed E-state index contributed by atoms with van der Waals surface area (Å²) in [6, 6.07) is 9.73. The first-order chi connectivity index (χ1) is 14.8. The molecule has 0 unspecified atom stereocenters. The predicted octanol–water partition coefficient (Wildman–Crippen LogP) is 4.72. The van der Waals surface area contributed by atoms with Crippen molar-refractivity contribution in [1.82, 2.24) is 9.96 Å². The highest BCUT2D eigenvalue weighted by atomic mass is 16.7. The highest BCUT2D eigenvalue weighted by Gasteiger charge is 2.20. The summed E-state index contributed by atoms with van der Waals surface area (Å²) in [7, 11) is 0. The molecule has 0 N–H and O–H groups in total. The monoisotopic (exact) mass is 432 g/mol. The Bertz CT molecular complexity index is 651. The fraction of sp³-hybridized carbons (Fsp3) is 0.680. The van der Waals surface area contributed by atoms with Crippen LogP contribution in [0.15, 0.2) is 30.3 Å². The fourth-order valence-electron chi connectivity index (χ4n) is 3.67. The third kappa shape index (κ3) is 11.3. The van der Waals surface area contributed by atoms with Crippen molar-refractivity contribution in [3.05, 3.63) is 35.9 Å². The molecule has 0 aromatic heterocycles. The number of likely N-dealkylation sites (tertiary alicyclic amines) is 1. The van der Waals surface area contributed by atoms with Gasteiger partial charge in [0.1, 0.15) is 12.2 Å². The van der Waals surface area contributed by atoms with E-state index in [0.29, 0.717) is 13.0 Å². The molecule has 1 heterocycles. The van der Waals surface area contributed by atoms with E-state index >= 15 is 0 Å². The molecule has 1 fully saturated rings. The number of piperidine rings is 1. The van der Waals surface area contributed by atoms with Crippen LogP contribution in [0.1, 0.15) is 77.7 Å². The molecule has 1 aromatic rings. The summed E-state index contributed by atoms with van der Waals surface area (Å²) in [4.78, 5) is 33.2. The third-order valence-electron chi connectivity index (χ3n) is 5.26. The lowest BCUT2D eigenvalue weighted by molar-refractivity contribution is -0.194. The zero-order valence-corrected chi connectivity index (χ0v) is 19.6. The smallest absolute Gasteiger partial charge is 0.308 e. The van der Waals surface area contributed by atoms with E-state index < -0.39 is 5.60 Å². The molecule has 0 atom stereocenters. The average Bonchev–Trinajstić information content (AvgIpc) is 2.73. The predicted molar refractivity (Wildman–Crippen MR) is 122 cm³/mol. The van der Waals surface area contributed by atoms with Crippen molar-refractivity contribution in [3.8, 4) is 0 Å². The second kappa shape index (κ2) is 13.5. The van der Waals surface area contributed by atoms with Crippen molar-refractivity contribution in [2.75, 3.05) is 26.2 Å². The van der Waals surface area contributed by atoms with E-state index in [2.05, 4.69) is 4.90 Å². The number of rotatable bonds is 12. The first-order valence-corrected chi connectivity index (χ1v) is 11.7. The zero-order valence-electron chi connectivity index (χ0n) is 19.6. The standard InChI is InChI=1S/C25H40N2O4/c1-25(2,3)31-24(29)16-20-27(30-21-22-13-7-4-8-14-22)23(28)15-9-5-10-17-26-18-11-6-12-19-26/h4,7-8,13-14H,5-6,9-12,15-21H2,1-3H3. The van der Waals surface area contributed by atoms with Crippen LogP contribution in [0, 0.1) is 0 Å². The van der Waals surface area contributed by atoms with Gasteiger partial charge in [-0.15, -0.1) is 0 Å². The molecule has 0 spiro atoms. The van der Waals surface area contributed by atoms with Crippen LogP contribution in [0.4, 0.5) is 0 Å². The summed E-state index contributed by atoms with van der Waals surface area (Å²) in [6.07, 6.45) is 7.51. The number of unbranched alkanes of at least 4 members (excludes halogenated alkanes) is 2. The van der Waals surface area contributed by atoms with E-state index in [1.165, 1.54) is 37.4 Å². The quantitative estimate of drug-likeness (QED) is 0.272. The Hall–Kier alpha value is -1.92. The van der Waals surface area contributed by atoms with Gasteiger partial charge < -0.3 is 9.64 Å². The molecule has 1 aromatic carbocycles.